The largest absolute Gasteiger partial charge is 0.478 e. The van der Waals surface area contributed by atoms with E-state index in [4.69, 9.17) is 4.74 Å². The first-order valence-electron chi connectivity index (χ1n) is 9.83. The standard InChI is InChI=1S/C21H24N4O4/c26-21-19(29-20-14-17(25(27)28)6-7-18(20)22-21)8-9-23-10-12-24(13-11-23)15-16-4-2-1-3-5-16/h1-7,14,19H,8-13,15H2,(H,22,26)/t19-/m0/s1. The number of non-ortho nitro benzene ring substituents is 1. The molecule has 1 fully saturated rings. The minimum Gasteiger partial charge on any atom is -0.478 e. The van der Waals surface area contributed by atoms with E-state index in [9.17, 15) is 14.9 Å². The first-order valence-corrected chi connectivity index (χ1v) is 9.83. The second kappa shape index (κ2) is 8.59. The molecule has 2 aliphatic heterocycles. The normalized spacial score (nSPS) is 19.9. The summed E-state index contributed by atoms with van der Waals surface area (Å²) in [6, 6.07) is 14.7. The SMILES string of the molecule is O=C1Nc2ccc([N+](=O)[O-])cc2O[C@H]1CCN1CCN(Cc2ccccc2)CC1. The van der Waals surface area contributed by atoms with Crippen LogP contribution in [0.4, 0.5) is 11.4 Å². The van der Waals surface area contributed by atoms with Crippen LogP contribution in [0.1, 0.15) is 12.0 Å². The number of hydrogen-bond acceptors (Lipinski definition) is 6. The average Bonchev–Trinajstić information content (AvgIpc) is 2.73. The average molecular weight is 396 g/mol. The van der Waals surface area contributed by atoms with Crippen LogP contribution in [-0.4, -0.2) is 59.5 Å². The molecule has 152 valence electrons. The van der Waals surface area contributed by atoms with Crippen molar-refractivity contribution in [2.45, 2.75) is 19.1 Å². The summed E-state index contributed by atoms with van der Waals surface area (Å²) in [6.07, 6.45) is -0.0843. The Labute approximate surface area is 169 Å². The van der Waals surface area contributed by atoms with Gasteiger partial charge in [-0.15, -0.1) is 0 Å². The second-order valence-corrected chi connectivity index (χ2v) is 7.43. The Kier molecular flexibility index (Phi) is 5.73. The monoisotopic (exact) mass is 396 g/mol. The Morgan fingerprint density at radius 1 is 1.07 bits per heavy atom. The van der Waals surface area contributed by atoms with E-state index in [0.717, 1.165) is 39.3 Å². The van der Waals surface area contributed by atoms with E-state index in [2.05, 4.69) is 39.4 Å². The van der Waals surface area contributed by atoms with Gasteiger partial charge in [0.2, 0.25) is 0 Å². The first-order chi connectivity index (χ1) is 14.1. The number of rotatable bonds is 6. The number of carbonyl (C=O) groups is 1. The molecule has 29 heavy (non-hydrogen) atoms. The fraction of sp³-hybridized carbons (Fsp3) is 0.381. The van der Waals surface area contributed by atoms with E-state index in [1.807, 2.05) is 6.07 Å². The van der Waals surface area contributed by atoms with Crippen molar-refractivity contribution in [3.63, 3.8) is 0 Å². The number of anilines is 1. The van der Waals surface area contributed by atoms with Gasteiger partial charge in [0.25, 0.3) is 11.6 Å². The number of benzene rings is 2. The summed E-state index contributed by atoms with van der Waals surface area (Å²) < 4.78 is 5.77. The van der Waals surface area contributed by atoms with Gasteiger partial charge in [-0.1, -0.05) is 30.3 Å². The third-order valence-corrected chi connectivity index (χ3v) is 5.42. The third-order valence-electron chi connectivity index (χ3n) is 5.42. The quantitative estimate of drug-likeness (QED) is 0.596. The number of nitro groups is 1. The van der Waals surface area contributed by atoms with Crippen molar-refractivity contribution in [3.05, 3.63) is 64.2 Å². The third kappa shape index (κ3) is 4.72. The van der Waals surface area contributed by atoms with Gasteiger partial charge in [0.15, 0.2) is 11.9 Å². The molecule has 2 aromatic carbocycles. The van der Waals surface area contributed by atoms with E-state index in [0.29, 0.717) is 17.9 Å². The minimum absolute atomic E-state index is 0.0480. The molecular formula is C21H24N4O4. The molecule has 1 saturated heterocycles. The van der Waals surface area contributed by atoms with Gasteiger partial charge in [0.05, 0.1) is 16.7 Å². The lowest BCUT2D eigenvalue weighted by molar-refractivity contribution is -0.384. The van der Waals surface area contributed by atoms with Crippen molar-refractivity contribution in [2.75, 3.05) is 38.0 Å². The van der Waals surface area contributed by atoms with E-state index in [-0.39, 0.29) is 11.6 Å². The molecule has 0 aromatic heterocycles. The van der Waals surface area contributed by atoms with E-state index in [1.54, 1.807) is 0 Å². The zero-order chi connectivity index (χ0) is 20.2. The Morgan fingerprint density at radius 2 is 1.79 bits per heavy atom. The number of nitro benzene ring substituents is 1. The molecule has 2 heterocycles. The van der Waals surface area contributed by atoms with E-state index >= 15 is 0 Å². The van der Waals surface area contributed by atoms with Crippen LogP contribution < -0.4 is 10.1 Å². The molecule has 0 aliphatic carbocycles. The van der Waals surface area contributed by atoms with Gasteiger partial charge in [-0.05, 0) is 11.6 Å². The van der Waals surface area contributed by atoms with Crippen LogP contribution in [0.15, 0.2) is 48.5 Å². The number of piperazine rings is 1. The zero-order valence-electron chi connectivity index (χ0n) is 16.1. The van der Waals surface area contributed by atoms with Crippen LogP contribution in [0, 0.1) is 10.1 Å². The van der Waals surface area contributed by atoms with Crippen molar-refractivity contribution < 1.29 is 14.5 Å². The molecule has 2 aromatic rings. The number of carbonyl (C=O) groups excluding carboxylic acids is 1. The highest BCUT2D eigenvalue weighted by Gasteiger charge is 2.29. The topological polar surface area (TPSA) is 87.9 Å². The summed E-state index contributed by atoms with van der Waals surface area (Å²) in [5.41, 5.74) is 1.75. The van der Waals surface area contributed by atoms with Crippen LogP contribution in [0.5, 0.6) is 5.75 Å². The van der Waals surface area contributed by atoms with Gasteiger partial charge in [-0.2, -0.15) is 0 Å². The molecule has 0 unspecified atom stereocenters. The molecule has 1 atom stereocenters. The van der Waals surface area contributed by atoms with Gasteiger partial charge in [-0.3, -0.25) is 19.8 Å². The highest BCUT2D eigenvalue weighted by Crippen LogP contribution is 2.33. The van der Waals surface area contributed by atoms with Gasteiger partial charge < -0.3 is 15.0 Å². The minimum atomic E-state index is -0.633. The van der Waals surface area contributed by atoms with Crippen molar-refractivity contribution in [1.29, 1.82) is 0 Å². The molecule has 8 nitrogen and oxygen atoms in total. The summed E-state index contributed by atoms with van der Waals surface area (Å²) in [6.45, 7) is 5.58. The molecule has 0 bridgehead atoms. The lowest BCUT2D eigenvalue weighted by atomic mass is 10.1. The summed E-state index contributed by atoms with van der Waals surface area (Å²) in [4.78, 5) is 27.6. The maximum Gasteiger partial charge on any atom is 0.273 e. The second-order valence-electron chi connectivity index (χ2n) is 7.43. The zero-order valence-corrected chi connectivity index (χ0v) is 16.1. The Morgan fingerprint density at radius 3 is 2.52 bits per heavy atom. The van der Waals surface area contributed by atoms with Crippen LogP contribution in [0.25, 0.3) is 0 Å². The van der Waals surface area contributed by atoms with Crippen molar-refractivity contribution >= 4 is 17.3 Å². The number of amides is 1. The summed E-state index contributed by atoms with van der Waals surface area (Å²) in [7, 11) is 0. The molecule has 4 rings (SSSR count). The smallest absolute Gasteiger partial charge is 0.273 e. The number of hydrogen-bond donors (Lipinski definition) is 1. The van der Waals surface area contributed by atoms with Crippen molar-refractivity contribution in [1.82, 2.24) is 9.80 Å². The van der Waals surface area contributed by atoms with Gasteiger partial charge in [-0.25, -0.2) is 0 Å². The molecule has 0 radical (unpaired) electrons. The molecule has 0 saturated carbocycles. The molecule has 0 spiro atoms. The number of fused-ring (bicyclic) bond motifs is 1. The number of nitrogens with zero attached hydrogens (tertiary/aromatic N) is 3. The van der Waals surface area contributed by atoms with Gasteiger partial charge in [0.1, 0.15) is 0 Å². The van der Waals surface area contributed by atoms with E-state index in [1.165, 1.54) is 23.8 Å². The summed E-state index contributed by atoms with van der Waals surface area (Å²) in [5.74, 6) is 0.158. The maximum absolute atomic E-state index is 12.3. The molecule has 1 amide bonds. The Hall–Kier alpha value is -2.97. The van der Waals surface area contributed by atoms with Crippen LogP contribution >= 0.6 is 0 Å². The lowest BCUT2D eigenvalue weighted by Gasteiger charge is -2.35. The fourth-order valence-corrected chi connectivity index (χ4v) is 3.75. The van der Waals surface area contributed by atoms with E-state index < -0.39 is 11.0 Å². The van der Waals surface area contributed by atoms with Crippen LogP contribution in [-0.2, 0) is 11.3 Å². The number of ether oxygens (including phenoxy) is 1. The first kappa shape index (κ1) is 19.4. The van der Waals surface area contributed by atoms with Gasteiger partial charge in [0, 0.05) is 51.8 Å². The molecule has 8 heteroatoms. The van der Waals surface area contributed by atoms with Gasteiger partial charge >= 0.3 is 0 Å². The molecule has 2 aliphatic rings. The Balaban J connectivity index is 1.27. The molecule has 1 N–H and O–H groups in total. The predicted octanol–water partition coefficient (Wildman–Crippen LogP) is 2.50. The number of nitrogens with one attached hydrogen (secondary N) is 1. The fourth-order valence-electron chi connectivity index (χ4n) is 3.75. The lowest BCUT2D eigenvalue weighted by Crippen LogP contribution is -2.47. The predicted molar refractivity (Wildman–Crippen MR) is 109 cm³/mol. The summed E-state index contributed by atoms with van der Waals surface area (Å²) in [5, 5.41) is 13.7. The highest BCUT2D eigenvalue weighted by molar-refractivity contribution is 5.97. The van der Waals surface area contributed by atoms with Crippen LogP contribution in [0.3, 0.4) is 0 Å². The maximum atomic E-state index is 12.3. The Bertz CT molecular complexity index is 882. The van der Waals surface area contributed by atoms with Crippen LogP contribution in [0.2, 0.25) is 0 Å². The highest BCUT2D eigenvalue weighted by atomic mass is 16.6. The summed E-state index contributed by atoms with van der Waals surface area (Å²) >= 11 is 0. The molecular weight excluding hydrogens is 372 g/mol. The van der Waals surface area contributed by atoms with Crippen molar-refractivity contribution in [2.24, 2.45) is 0 Å². The van der Waals surface area contributed by atoms with Crippen molar-refractivity contribution in [3.8, 4) is 5.75 Å².